The molecule has 0 aliphatic rings. The maximum Gasteiger partial charge on any atom is 0.315 e. The van der Waals surface area contributed by atoms with Crippen LogP contribution < -0.4 is 16.0 Å². The first kappa shape index (κ1) is 20.1. The van der Waals surface area contributed by atoms with Gasteiger partial charge in [0, 0.05) is 12.2 Å². The molecule has 0 spiro atoms. The highest BCUT2D eigenvalue weighted by Crippen LogP contribution is 2.16. The Morgan fingerprint density at radius 3 is 2.45 bits per heavy atom. The predicted molar refractivity (Wildman–Crippen MR) is 103 cm³/mol. The van der Waals surface area contributed by atoms with E-state index in [0.717, 1.165) is 17.7 Å². The number of benzene rings is 2. The average molecular weight is 399 g/mol. The second-order valence-corrected chi connectivity index (χ2v) is 6.35. The summed E-state index contributed by atoms with van der Waals surface area (Å²) in [4.78, 5) is 24.0. The van der Waals surface area contributed by atoms with Gasteiger partial charge in [-0.05, 0) is 54.4 Å². The van der Waals surface area contributed by atoms with Crippen LogP contribution in [0.5, 0.6) is 0 Å². The van der Waals surface area contributed by atoms with Crippen molar-refractivity contribution in [2.45, 2.75) is 19.5 Å². The van der Waals surface area contributed by atoms with E-state index in [4.69, 9.17) is 4.42 Å². The summed E-state index contributed by atoms with van der Waals surface area (Å²) in [5.41, 5.74) is 1.86. The maximum absolute atomic E-state index is 13.3. The van der Waals surface area contributed by atoms with Crippen molar-refractivity contribution in [3.8, 4) is 0 Å². The Morgan fingerprint density at radius 1 is 1.03 bits per heavy atom. The third-order valence-electron chi connectivity index (χ3n) is 4.20. The van der Waals surface area contributed by atoms with Crippen LogP contribution in [0.3, 0.4) is 0 Å². The lowest BCUT2D eigenvalue weighted by Gasteiger charge is -2.15. The van der Waals surface area contributed by atoms with Crippen LogP contribution in [-0.2, 0) is 6.54 Å². The summed E-state index contributed by atoms with van der Waals surface area (Å²) in [5, 5.41) is 8.05. The molecule has 2 aromatic carbocycles. The molecule has 8 heteroatoms. The van der Waals surface area contributed by atoms with Crippen molar-refractivity contribution in [1.82, 2.24) is 10.6 Å². The van der Waals surface area contributed by atoms with Gasteiger partial charge in [-0.3, -0.25) is 4.79 Å². The van der Waals surface area contributed by atoms with Crippen molar-refractivity contribution in [1.29, 1.82) is 0 Å². The summed E-state index contributed by atoms with van der Waals surface area (Å²) < 4.78 is 31.3. The smallest absolute Gasteiger partial charge is 0.315 e. The third-order valence-corrected chi connectivity index (χ3v) is 4.20. The number of urea groups is 1. The highest BCUT2D eigenvalue weighted by molar-refractivity contribution is 6.02. The standard InChI is InChI=1S/C21H19F2N3O3/c1-13(15-6-9-17(22)18(23)11-15)25-21(28)24-12-14-4-7-16(8-5-14)26-20(27)19-3-2-10-29-19/h2-11,13H,12H2,1H3,(H,26,27)(H2,24,25,28)/t13-/m0/s1. The monoisotopic (exact) mass is 399 g/mol. The Bertz CT molecular complexity index is 989. The van der Waals surface area contributed by atoms with Crippen LogP contribution in [0.4, 0.5) is 19.3 Å². The Morgan fingerprint density at radius 2 is 1.79 bits per heavy atom. The number of hydrogen-bond acceptors (Lipinski definition) is 3. The third kappa shape index (κ3) is 5.41. The summed E-state index contributed by atoms with van der Waals surface area (Å²) >= 11 is 0. The Balaban J connectivity index is 1.48. The average Bonchev–Trinajstić information content (AvgIpc) is 3.24. The van der Waals surface area contributed by atoms with E-state index in [1.165, 1.54) is 12.3 Å². The van der Waals surface area contributed by atoms with E-state index in [9.17, 15) is 18.4 Å². The molecular weight excluding hydrogens is 380 g/mol. The molecule has 0 fully saturated rings. The lowest BCUT2D eigenvalue weighted by Crippen LogP contribution is -2.36. The fourth-order valence-corrected chi connectivity index (χ4v) is 2.60. The fourth-order valence-electron chi connectivity index (χ4n) is 2.60. The Hall–Kier alpha value is -3.68. The first-order chi connectivity index (χ1) is 13.9. The van der Waals surface area contributed by atoms with Gasteiger partial charge in [0.1, 0.15) is 0 Å². The van der Waals surface area contributed by atoms with Gasteiger partial charge in [-0.2, -0.15) is 0 Å². The molecule has 0 bridgehead atoms. The molecule has 29 heavy (non-hydrogen) atoms. The lowest BCUT2D eigenvalue weighted by molar-refractivity contribution is 0.0996. The van der Waals surface area contributed by atoms with Crippen molar-refractivity contribution in [2.75, 3.05) is 5.32 Å². The molecule has 3 rings (SSSR count). The van der Waals surface area contributed by atoms with Gasteiger partial charge in [0.15, 0.2) is 17.4 Å². The van der Waals surface area contributed by atoms with E-state index in [2.05, 4.69) is 16.0 Å². The van der Waals surface area contributed by atoms with E-state index in [1.54, 1.807) is 43.3 Å². The van der Waals surface area contributed by atoms with Crippen LogP contribution in [0.15, 0.2) is 65.3 Å². The van der Waals surface area contributed by atoms with E-state index in [0.29, 0.717) is 11.3 Å². The zero-order chi connectivity index (χ0) is 20.8. The van der Waals surface area contributed by atoms with Gasteiger partial charge in [0.25, 0.3) is 5.91 Å². The largest absolute Gasteiger partial charge is 0.459 e. The molecular formula is C21H19F2N3O3. The molecule has 150 valence electrons. The fraction of sp³-hybridized carbons (Fsp3) is 0.143. The highest BCUT2D eigenvalue weighted by Gasteiger charge is 2.12. The minimum Gasteiger partial charge on any atom is -0.459 e. The van der Waals surface area contributed by atoms with E-state index >= 15 is 0 Å². The first-order valence-electron chi connectivity index (χ1n) is 8.85. The van der Waals surface area contributed by atoms with E-state index < -0.39 is 23.7 Å². The van der Waals surface area contributed by atoms with Crippen molar-refractivity contribution in [3.05, 3.63) is 89.4 Å². The topological polar surface area (TPSA) is 83.4 Å². The quantitative estimate of drug-likeness (QED) is 0.576. The van der Waals surface area contributed by atoms with Crippen LogP contribution in [0, 0.1) is 11.6 Å². The predicted octanol–water partition coefficient (Wildman–Crippen LogP) is 4.37. The molecule has 1 heterocycles. The molecule has 0 aliphatic carbocycles. The molecule has 3 aromatic rings. The molecule has 0 unspecified atom stereocenters. The van der Waals surface area contributed by atoms with E-state index in [-0.39, 0.29) is 18.2 Å². The van der Waals surface area contributed by atoms with Crippen molar-refractivity contribution >= 4 is 17.6 Å². The summed E-state index contributed by atoms with van der Waals surface area (Å²) in [6, 6.07) is 12.7. The zero-order valence-electron chi connectivity index (χ0n) is 15.5. The molecule has 0 radical (unpaired) electrons. The van der Waals surface area contributed by atoms with Crippen LogP contribution in [0.25, 0.3) is 0 Å². The van der Waals surface area contributed by atoms with Gasteiger partial charge in [0.2, 0.25) is 0 Å². The number of furan rings is 1. The number of carbonyl (C=O) groups excluding carboxylic acids is 2. The second-order valence-electron chi connectivity index (χ2n) is 6.35. The SMILES string of the molecule is C[C@H](NC(=O)NCc1ccc(NC(=O)c2ccco2)cc1)c1ccc(F)c(F)c1. The molecule has 0 saturated heterocycles. The second kappa shape index (κ2) is 9.01. The molecule has 1 aromatic heterocycles. The van der Waals surface area contributed by atoms with Gasteiger partial charge in [-0.25, -0.2) is 13.6 Å². The minimum absolute atomic E-state index is 0.211. The molecule has 0 saturated carbocycles. The summed E-state index contributed by atoms with van der Waals surface area (Å²) in [6.07, 6.45) is 1.42. The van der Waals surface area contributed by atoms with Crippen LogP contribution in [0.2, 0.25) is 0 Å². The maximum atomic E-state index is 13.3. The van der Waals surface area contributed by atoms with Gasteiger partial charge in [-0.15, -0.1) is 0 Å². The normalized spacial score (nSPS) is 11.6. The number of halogens is 2. The summed E-state index contributed by atoms with van der Waals surface area (Å²) in [5.74, 6) is -2.04. The van der Waals surface area contributed by atoms with E-state index in [1.807, 2.05) is 0 Å². The molecule has 0 aliphatic heterocycles. The van der Waals surface area contributed by atoms with Gasteiger partial charge in [0.05, 0.1) is 12.3 Å². The molecule has 1 atom stereocenters. The zero-order valence-corrected chi connectivity index (χ0v) is 15.5. The molecule has 3 N–H and O–H groups in total. The summed E-state index contributed by atoms with van der Waals surface area (Å²) in [6.45, 7) is 1.92. The van der Waals surface area contributed by atoms with Crippen molar-refractivity contribution in [3.63, 3.8) is 0 Å². The van der Waals surface area contributed by atoms with Crippen molar-refractivity contribution < 1.29 is 22.8 Å². The molecule has 3 amide bonds. The number of hydrogen-bond donors (Lipinski definition) is 3. The first-order valence-corrected chi connectivity index (χ1v) is 8.85. The van der Waals surface area contributed by atoms with Crippen LogP contribution in [-0.4, -0.2) is 11.9 Å². The van der Waals surface area contributed by atoms with Gasteiger partial charge in [-0.1, -0.05) is 18.2 Å². The van der Waals surface area contributed by atoms with Crippen molar-refractivity contribution in [2.24, 2.45) is 0 Å². The van der Waals surface area contributed by atoms with Gasteiger partial charge >= 0.3 is 6.03 Å². The number of carbonyl (C=O) groups is 2. The highest BCUT2D eigenvalue weighted by atomic mass is 19.2. The lowest BCUT2D eigenvalue weighted by atomic mass is 10.1. The molecule has 6 nitrogen and oxygen atoms in total. The van der Waals surface area contributed by atoms with Gasteiger partial charge < -0.3 is 20.4 Å². The number of anilines is 1. The minimum atomic E-state index is -0.962. The Kier molecular flexibility index (Phi) is 6.23. The number of nitrogens with one attached hydrogen (secondary N) is 3. The number of rotatable bonds is 6. The number of amides is 3. The van der Waals surface area contributed by atoms with Crippen LogP contribution in [0.1, 0.15) is 34.6 Å². The Labute approximate surface area is 165 Å². The van der Waals surface area contributed by atoms with Crippen LogP contribution >= 0.6 is 0 Å². The summed E-state index contributed by atoms with van der Waals surface area (Å²) in [7, 11) is 0.